The Balaban J connectivity index is 1.59. The number of anilines is 1. The summed E-state index contributed by atoms with van der Waals surface area (Å²) in [5.74, 6) is 0. The Hall–Kier alpha value is -2.33. The predicted octanol–water partition coefficient (Wildman–Crippen LogP) is 3.71. The van der Waals surface area contributed by atoms with Crippen LogP contribution in [0.3, 0.4) is 0 Å². The van der Waals surface area contributed by atoms with Crippen molar-refractivity contribution in [2.45, 2.75) is 31.3 Å². The van der Waals surface area contributed by atoms with Crippen molar-refractivity contribution >= 4 is 11.7 Å². The fourth-order valence-corrected chi connectivity index (χ4v) is 3.96. The zero-order chi connectivity index (χ0) is 16.4. The highest BCUT2D eigenvalue weighted by molar-refractivity contribution is 5.95. The maximum absolute atomic E-state index is 13.0. The van der Waals surface area contributed by atoms with E-state index < -0.39 is 0 Å². The zero-order valence-electron chi connectivity index (χ0n) is 13.7. The van der Waals surface area contributed by atoms with Crippen molar-refractivity contribution in [2.75, 3.05) is 18.4 Å². The highest BCUT2D eigenvalue weighted by atomic mass is 16.2. The van der Waals surface area contributed by atoms with Crippen molar-refractivity contribution in [1.82, 2.24) is 10.2 Å². The number of amides is 2. The molecular weight excluding hydrogens is 298 g/mol. The molecule has 0 aliphatic carbocycles. The Morgan fingerprint density at radius 3 is 2.58 bits per heavy atom. The second kappa shape index (κ2) is 6.65. The van der Waals surface area contributed by atoms with Gasteiger partial charge in [0.1, 0.15) is 0 Å². The van der Waals surface area contributed by atoms with E-state index in [2.05, 4.69) is 33.7 Å². The number of nitrogens with zero attached hydrogens (tertiary/aromatic N) is 1. The van der Waals surface area contributed by atoms with Crippen LogP contribution in [0.2, 0.25) is 0 Å². The van der Waals surface area contributed by atoms with Crippen molar-refractivity contribution in [3.05, 3.63) is 54.6 Å². The number of hydrogen-bond acceptors (Lipinski definition) is 2. The quantitative estimate of drug-likeness (QED) is 0.885. The van der Waals surface area contributed by atoms with E-state index in [4.69, 9.17) is 0 Å². The van der Waals surface area contributed by atoms with Crippen LogP contribution in [0.4, 0.5) is 10.5 Å². The monoisotopic (exact) mass is 321 g/mol. The second-order valence-electron chi connectivity index (χ2n) is 6.63. The molecule has 2 aromatic rings. The first-order chi connectivity index (χ1) is 11.8. The van der Waals surface area contributed by atoms with Crippen LogP contribution in [0.1, 0.15) is 19.3 Å². The molecule has 2 fully saturated rings. The molecule has 124 valence electrons. The summed E-state index contributed by atoms with van der Waals surface area (Å²) in [5, 5.41) is 6.61. The van der Waals surface area contributed by atoms with E-state index in [0.717, 1.165) is 49.2 Å². The van der Waals surface area contributed by atoms with Gasteiger partial charge in [0.25, 0.3) is 0 Å². The van der Waals surface area contributed by atoms with Gasteiger partial charge >= 0.3 is 6.03 Å². The number of nitrogens with one attached hydrogen (secondary N) is 2. The molecule has 0 spiro atoms. The van der Waals surface area contributed by atoms with E-state index in [1.807, 2.05) is 36.4 Å². The molecule has 4 heteroatoms. The average molecular weight is 321 g/mol. The van der Waals surface area contributed by atoms with Gasteiger partial charge in [0, 0.05) is 24.2 Å². The van der Waals surface area contributed by atoms with Gasteiger partial charge < -0.3 is 15.5 Å². The summed E-state index contributed by atoms with van der Waals surface area (Å²) in [6.45, 7) is 1.91. The number of fused-ring (bicyclic) bond motifs is 2. The molecule has 0 unspecified atom stereocenters. The first-order valence-corrected chi connectivity index (χ1v) is 8.77. The summed E-state index contributed by atoms with van der Waals surface area (Å²) < 4.78 is 0. The van der Waals surface area contributed by atoms with Crippen molar-refractivity contribution in [2.24, 2.45) is 0 Å². The Bertz CT molecular complexity index is 702. The topological polar surface area (TPSA) is 44.4 Å². The molecule has 4 rings (SSSR count). The van der Waals surface area contributed by atoms with Gasteiger partial charge in [-0.3, -0.25) is 0 Å². The molecule has 24 heavy (non-hydrogen) atoms. The Kier molecular flexibility index (Phi) is 4.22. The lowest BCUT2D eigenvalue weighted by molar-refractivity contribution is 0.190. The molecule has 0 aromatic heterocycles. The van der Waals surface area contributed by atoms with Crippen LogP contribution in [0.5, 0.6) is 0 Å². The van der Waals surface area contributed by atoms with Gasteiger partial charge in [-0.2, -0.15) is 0 Å². The molecule has 2 N–H and O–H groups in total. The normalized spacial score (nSPS) is 22.9. The number of benzene rings is 2. The fourth-order valence-electron chi connectivity index (χ4n) is 3.96. The minimum Gasteiger partial charge on any atom is -0.317 e. The third-order valence-electron chi connectivity index (χ3n) is 5.14. The van der Waals surface area contributed by atoms with Crippen molar-refractivity contribution in [1.29, 1.82) is 0 Å². The second-order valence-corrected chi connectivity index (χ2v) is 6.63. The van der Waals surface area contributed by atoms with Gasteiger partial charge in [-0.05, 0) is 37.4 Å². The number of hydrogen-bond donors (Lipinski definition) is 2. The summed E-state index contributed by atoms with van der Waals surface area (Å²) in [6, 6.07) is 19.0. The smallest absolute Gasteiger partial charge is 0.317 e. The van der Waals surface area contributed by atoms with Gasteiger partial charge in [0.2, 0.25) is 0 Å². The molecule has 2 saturated heterocycles. The van der Waals surface area contributed by atoms with E-state index in [1.54, 1.807) is 0 Å². The molecule has 2 atom stereocenters. The Labute approximate surface area is 142 Å². The summed E-state index contributed by atoms with van der Waals surface area (Å²) in [5.41, 5.74) is 3.06. The maximum Gasteiger partial charge on any atom is 0.322 e. The molecule has 2 amide bonds. The third kappa shape index (κ3) is 2.89. The number of carbonyl (C=O) groups is 1. The van der Waals surface area contributed by atoms with Gasteiger partial charge in [-0.25, -0.2) is 4.79 Å². The van der Waals surface area contributed by atoms with Gasteiger partial charge in [-0.1, -0.05) is 48.5 Å². The molecule has 2 aliphatic heterocycles. The van der Waals surface area contributed by atoms with Gasteiger partial charge in [0.15, 0.2) is 0 Å². The van der Waals surface area contributed by atoms with Crippen LogP contribution in [0, 0.1) is 0 Å². The SMILES string of the molecule is O=C(Nc1ccccc1-c1ccccc1)N1[C@@H]2CCNC[C@H]1CC2. The third-order valence-corrected chi connectivity index (χ3v) is 5.14. The minimum absolute atomic E-state index is 0.0366. The molecule has 0 saturated carbocycles. The lowest BCUT2D eigenvalue weighted by atomic mass is 10.0. The molecule has 2 aromatic carbocycles. The number of para-hydroxylation sites is 1. The summed E-state index contributed by atoms with van der Waals surface area (Å²) in [4.78, 5) is 15.0. The van der Waals surface area contributed by atoms with E-state index in [1.165, 1.54) is 0 Å². The molecular formula is C20H23N3O. The summed E-state index contributed by atoms with van der Waals surface area (Å²) in [6.07, 6.45) is 3.27. The van der Waals surface area contributed by atoms with Crippen LogP contribution in [0.25, 0.3) is 11.1 Å². The van der Waals surface area contributed by atoms with E-state index in [-0.39, 0.29) is 6.03 Å². The van der Waals surface area contributed by atoms with Gasteiger partial charge in [-0.15, -0.1) is 0 Å². The first-order valence-electron chi connectivity index (χ1n) is 8.77. The van der Waals surface area contributed by atoms with E-state index >= 15 is 0 Å². The van der Waals surface area contributed by atoms with Crippen LogP contribution in [-0.2, 0) is 0 Å². The number of rotatable bonds is 2. The standard InChI is InChI=1S/C20H23N3O/c24-20(23-16-10-11-17(23)14-21-13-12-16)22-19-9-5-4-8-18(19)15-6-2-1-3-7-15/h1-9,16-17,21H,10-14H2,(H,22,24)/t16-,17+/m0/s1. The van der Waals surface area contributed by atoms with Crippen LogP contribution < -0.4 is 10.6 Å². The number of carbonyl (C=O) groups excluding carboxylic acids is 1. The van der Waals surface area contributed by atoms with Crippen molar-refractivity contribution in [3.8, 4) is 11.1 Å². The first kappa shape index (κ1) is 15.2. The van der Waals surface area contributed by atoms with E-state index in [0.29, 0.717) is 12.1 Å². The minimum atomic E-state index is 0.0366. The number of urea groups is 1. The summed E-state index contributed by atoms with van der Waals surface area (Å²) in [7, 11) is 0. The fraction of sp³-hybridized carbons (Fsp3) is 0.350. The maximum atomic E-state index is 13.0. The van der Waals surface area contributed by atoms with Crippen molar-refractivity contribution in [3.63, 3.8) is 0 Å². The lowest BCUT2D eigenvalue weighted by Crippen LogP contribution is -2.44. The highest BCUT2D eigenvalue weighted by Gasteiger charge is 2.38. The largest absolute Gasteiger partial charge is 0.322 e. The molecule has 2 heterocycles. The Morgan fingerprint density at radius 1 is 0.958 bits per heavy atom. The Morgan fingerprint density at radius 2 is 1.71 bits per heavy atom. The lowest BCUT2D eigenvalue weighted by Gasteiger charge is -2.28. The zero-order valence-corrected chi connectivity index (χ0v) is 13.7. The van der Waals surface area contributed by atoms with Gasteiger partial charge in [0.05, 0.1) is 5.69 Å². The molecule has 2 bridgehead atoms. The average Bonchev–Trinajstić information content (AvgIpc) is 2.89. The van der Waals surface area contributed by atoms with E-state index in [9.17, 15) is 4.79 Å². The van der Waals surface area contributed by atoms with Crippen LogP contribution >= 0.6 is 0 Å². The molecule has 4 nitrogen and oxygen atoms in total. The highest BCUT2D eigenvalue weighted by Crippen LogP contribution is 2.31. The predicted molar refractivity (Wildman–Crippen MR) is 97.0 cm³/mol. The van der Waals surface area contributed by atoms with Crippen LogP contribution in [0.15, 0.2) is 54.6 Å². The molecule has 0 radical (unpaired) electrons. The molecule has 2 aliphatic rings. The summed E-state index contributed by atoms with van der Waals surface area (Å²) >= 11 is 0. The van der Waals surface area contributed by atoms with Crippen LogP contribution in [-0.4, -0.2) is 36.1 Å². The van der Waals surface area contributed by atoms with Crippen molar-refractivity contribution < 1.29 is 4.79 Å².